The molecule has 3 N–H and O–H groups in total. The van der Waals surface area contributed by atoms with Crippen LogP contribution in [0, 0.1) is 5.92 Å². The van der Waals surface area contributed by atoms with Gasteiger partial charge in [-0.05, 0) is 13.0 Å². The van der Waals surface area contributed by atoms with Crippen molar-refractivity contribution in [3.05, 3.63) is 18.5 Å². The lowest BCUT2D eigenvalue weighted by Gasteiger charge is -2.19. The van der Waals surface area contributed by atoms with Crippen molar-refractivity contribution in [2.24, 2.45) is 5.92 Å². The van der Waals surface area contributed by atoms with Crippen molar-refractivity contribution in [2.45, 2.75) is 25.6 Å². The molecule has 0 radical (unpaired) electrons. The number of rotatable bonds is 5. The summed E-state index contributed by atoms with van der Waals surface area (Å²) >= 11 is 0. The predicted molar refractivity (Wildman–Crippen MR) is 69.1 cm³/mol. The van der Waals surface area contributed by atoms with Crippen molar-refractivity contribution in [3.63, 3.8) is 0 Å². The van der Waals surface area contributed by atoms with Crippen molar-refractivity contribution < 1.29 is 19.4 Å². The molecule has 0 saturated carbocycles. The van der Waals surface area contributed by atoms with Crippen LogP contribution in [0.2, 0.25) is 0 Å². The number of hydrogen-bond donors (Lipinski definition) is 3. The molecule has 20 heavy (non-hydrogen) atoms. The molecule has 2 rings (SSSR count). The highest BCUT2D eigenvalue weighted by Crippen LogP contribution is 2.13. The minimum Gasteiger partial charge on any atom is -0.481 e. The SMILES string of the molecule is CC(Cn1cccn1)NC(=O)NC1COCC1C(=O)O. The highest BCUT2D eigenvalue weighted by Gasteiger charge is 2.35. The van der Waals surface area contributed by atoms with Gasteiger partial charge in [-0.25, -0.2) is 4.79 Å². The number of carboxylic acid groups (broad SMARTS) is 1. The number of hydrogen-bond acceptors (Lipinski definition) is 4. The third kappa shape index (κ3) is 3.70. The smallest absolute Gasteiger partial charge is 0.315 e. The summed E-state index contributed by atoms with van der Waals surface area (Å²) in [7, 11) is 0. The van der Waals surface area contributed by atoms with E-state index in [-0.39, 0.29) is 19.3 Å². The third-order valence-corrected chi connectivity index (χ3v) is 3.11. The van der Waals surface area contributed by atoms with Crippen LogP contribution in [-0.2, 0) is 16.1 Å². The second-order valence-corrected chi connectivity index (χ2v) is 4.84. The molecule has 8 heteroatoms. The molecule has 1 aromatic heterocycles. The van der Waals surface area contributed by atoms with Gasteiger partial charge >= 0.3 is 12.0 Å². The Balaban J connectivity index is 1.78. The number of aliphatic carboxylic acids is 1. The summed E-state index contributed by atoms with van der Waals surface area (Å²) in [4.78, 5) is 22.8. The van der Waals surface area contributed by atoms with E-state index >= 15 is 0 Å². The Bertz CT molecular complexity index is 462. The van der Waals surface area contributed by atoms with Gasteiger partial charge in [0.15, 0.2) is 0 Å². The average molecular weight is 282 g/mol. The molecule has 0 aliphatic carbocycles. The average Bonchev–Trinajstić information content (AvgIpc) is 2.99. The molecular weight excluding hydrogens is 264 g/mol. The molecule has 110 valence electrons. The monoisotopic (exact) mass is 282 g/mol. The number of carbonyl (C=O) groups excluding carboxylic acids is 1. The van der Waals surface area contributed by atoms with Crippen LogP contribution >= 0.6 is 0 Å². The van der Waals surface area contributed by atoms with Crippen LogP contribution in [0.15, 0.2) is 18.5 Å². The Morgan fingerprint density at radius 2 is 2.35 bits per heavy atom. The van der Waals surface area contributed by atoms with Gasteiger partial charge in [-0.2, -0.15) is 5.10 Å². The van der Waals surface area contributed by atoms with Gasteiger partial charge in [-0.1, -0.05) is 0 Å². The normalized spacial score (nSPS) is 23.2. The summed E-state index contributed by atoms with van der Waals surface area (Å²) < 4.78 is 6.80. The fourth-order valence-electron chi connectivity index (χ4n) is 2.11. The summed E-state index contributed by atoms with van der Waals surface area (Å²) in [6.07, 6.45) is 3.47. The van der Waals surface area contributed by atoms with Crippen molar-refractivity contribution >= 4 is 12.0 Å². The summed E-state index contributed by atoms with van der Waals surface area (Å²) in [5.74, 6) is -1.65. The van der Waals surface area contributed by atoms with Gasteiger partial charge in [0.1, 0.15) is 5.92 Å². The number of urea groups is 1. The van der Waals surface area contributed by atoms with Crippen LogP contribution in [-0.4, -0.2) is 52.2 Å². The van der Waals surface area contributed by atoms with Gasteiger partial charge < -0.3 is 20.5 Å². The van der Waals surface area contributed by atoms with Gasteiger partial charge in [0, 0.05) is 18.4 Å². The number of amides is 2. The van der Waals surface area contributed by atoms with Crippen LogP contribution in [0.4, 0.5) is 4.79 Å². The first-order chi connectivity index (χ1) is 9.56. The molecule has 2 amide bonds. The molecule has 8 nitrogen and oxygen atoms in total. The van der Waals surface area contributed by atoms with E-state index < -0.39 is 24.0 Å². The first kappa shape index (κ1) is 14.3. The standard InChI is InChI=1S/C12H18N4O4/c1-8(5-16-4-2-3-13-16)14-12(19)15-10-7-20-6-9(10)11(17)18/h2-4,8-10H,5-7H2,1H3,(H,17,18)(H2,14,15,19). The molecule has 2 heterocycles. The molecular formula is C12H18N4O4. The number of nitrogens with one attached hydrogen (secondary N) is 2. The Kier molecular flexibility index (Phi) is 4.57. The maximum Gasteiger partial charge on any atom is 0.315 e. The lowest BCUT2D eigenvalue weighted by atomic mass is 10.0. The van der Waals surface area contributed by atoms with E-state index in [2.05, 4.69) is 15.7 Å². The van der Waals surface area contributed by atoms with Crippen LogP contribution in [0.1, 0.15) is 6.92 Å². The van der Waals surface area contributed by atoms with E-state index in [1.54, 1.807) is 23.1 Å². The quantitative estimate of drug-likeness (QED) is 0.686. The maximum atomic E-state index is 11.8. The van der Waals surface area contributed by atoms with E-state index in [4.69, 9.17) is 9.84 Å². The number of carbonyl (C=O) groups is 2. The first-order valence-corrected chi connectivity index (χ1v) is 6.41. The summed E-state index contributed by atoms with van der Waals surface area (Å²) in [5.41, 5.74) is 0. The van der Waals surface area contributed by atoms with E-state index in [1.807, 2.05) is 6.92 Å². The molecule has 1 saturated heterocycles. The zero-order valence-electron chi connectivity index (χ0n) is 11.2. The minimum absolute atomic E-state index is 0.125. The van der Waals surface area contributed by atoms with E-state index in [0.29, 0.717) is 6.54 Å². The van der Waals surface area contributed by atoms with Crippen LogP contribution < -0.4 is 10.6 Å². The number of aromatic nitrogens is 2. The largest absolute Gasteiger partial charge is 0.481 e. The molecule has 0 aromatic carbocycles. The first-order valence-electron chi connectivity index (χ1n) is 6.41. The molecule has 1 aromatic rings. The van der Waals surface area contributed by atoms with Crippen LogP contribution in [0.25, 0.3) is 0 Å². The minimum atomic E-state index is -0.961. The molecule has 1 fully saturated rings. The predicted octanol–water partition coefficient (Wildman–Crippen LogP) is -0.330. The van der Waals surface area contributed by atoms with Gasteiger partial charge in [-0.3, -0.25) is 9.48 Å². The Hall–Kier alpha value is -2.09. The topological polar surface area (TPSA) is 105 Å². The second-order valence-electron chi connectivity index (χ2n) is 4.84. The lowest BCUT2D eigenvalue weighted by Crippen LogP contribution is -2.50. The number of ether oxygens (including phenoxy) is 1. The van der Waals surface area contributed by atoms with E-state index in [9.17, 15) is 9.59 Å². The van der Waals surface area contributed by atoms with E-state index in [0.717, 1.165) is 0 Å². The van der Waals surface area contributed by atoms with Gasteiger partial charge in [0.25, 0.3) is 0 Å². The summed E-state index contributed by atoms with van der Waals surface area (Å²) in [6.45, 7) is 2.74. The zero-order chi connectivity index (χ0) is 14.5. The molecule has 0 bridgehead atoms. The number of nitrogens with zero attached hydrogens (tertiary/aromatic N) is 2. The van der Waals surface area contributed by atoms with Crippen molar-refractivity contribution in [1.82, 2.24) is 20.4 Å². The molecule has 0 spiro atoms. The second kappa shape index (κ2) is 6.38. The summed E-state index contributed by atoms with van der Waals surface area (Å²) in [5, 5.41) is 18.4. The van der Waals surface area contributed by atoms with Crippen molar-refractivity contribution in [2.75, 3.05) is 13.2 Å². The zero-order valence-corrected chi connectivity index (χ0v) is 11.2. The highest BCUT2D eigenvalue weighted by atomic mass is 16.5. The van der Waals surface area contributed by atoms with E-state index in [1.165, 1.54) is 0 Å². The van der Waals surface area contributed by atoms with Crippen LogP contribution in [0.3, 0.4) is 0 Å². The number of carboxylic acids is 1. The van der Waals surface area contributed by atoms with Crippen molar-refractivity contribution in [1.29, 1.82) is 0 Å². The Morgan fingerprint density at radius 3 is 3.00 bits per heavy atom. The van der Waals surface area contributed by atoms with Gasteiger partial charge in [0.2, 0.25) is 0 Å². The molecule has 3 unspecified atom stereocenters. The fourth-order valence-corrected chi connectivity index (χ4v) is 2.11. The Morgan fingerprint density at radius 1 is 1.55 bits per heavy atom. The van der Waals surface area contributed by atoms with Crippen molar-refractivity contribution in [3.8, 4) is 0 Å². The molecule has 1 aliphatic rings. The Labute approximate surface area is 116 Å². The fraction of sp³-hybridized carbons (Fsp3) is 0.583. The third-order valence-electron chi connectivity index (χ3n) is 3.11. The molecule has 1 aliphatic heterocycles. The highest BCUT2D eigenvalue weighted by molar-refractivity contribution is 5.77. The van der Waals surface area contributed by atoms with Gasteiger partial charge in [0.05, 0.1) is 25.8 Å². The maximum absolute atomic E-state index is 11.8. The van der Waals surface area contributed by atoms with Crippen LogP contribution in [0.5, 0.6) is 0 Å². The van der Waals surface area contributed by atoms with Gasteiger partial charge in [-0.15, -0.1) is 0 Å². The molecule has 3 atom stereocenters. The lowest BCUT2D eigenvalue weighted by molar-refractivity contribution is -0.142. The summed E-state index contributed by atoms with van der Waals surface area (Å²) in [6, 6.07) is 0.788.